The van der Waals surface area contributed by atoms with E-state index < -0.39 is 0 Å². The molecule has 0 aromatic heterocycles. The molecule has 0 bridgehead atoms. The number of rotatable bonds is 11. The summed E-state index contributed by atoms with van der Waals surface area (Å²) in [7, 11) is 1.64. The maximum Gasteiger partial charge on any atom is 0.163 e. The molecular formula is C21H28ClNO3. The maximum atomic E-state index is 6.42. The Hall–Kier alpha value is -1.75. The van der Waals surface area contributed by atoms with Crippen molar-refractivity contribution in [2.75, 3.05) is 20.3 Å². The molecular weight excluding hydrogens is 350 g/mol. The third-order valence-electron chi connectivity index (χ3n) is 3.83. The fraction of sp³-hybridized carbons (Fsp3) is 0.429. The van der Waals surface area contributed by atoms with Gasteiger partial charge in [-0.3, -0.25) is 0 Å². The molecule has 0 heterocycles. The summed E-state index contributed by atoms with van der Waals surface area (Å²) in [6.07, 6.45) is 1.24. The topological polar surface area (TPSA) is 39.7 Å². The van der Waals surface area contributed by atoms with Crippen LogP contribution in [0, 0.1) is 0 Å². The number of hydrogen-bond acceptors (Lipinski definition) is 4. The van der Waals surface area contributed by atoms with Gasteiger partial charge in [0, 0.05) is 24.2 Å². The average molecular weight is 378 g/mol. The number of ether oxygens (including phenoxy) is 3. The Kier molecular flexibility index (Phi) is 8.75. The molecule has 0 fully saturated rings. The van der Waals surface area contributed by atoms with Gasteiger partial charge < -0.3 is 19.5 Å². The molecule has 0 unspecified atom stereocenters. The van der Waals surface area contributed by atoms with Crippen molar-refractivity contribution in [1.29, 1.82) is 0 Å². The fourth-order valence-corrected chi connectivity index (χ4v) is 2.68. The van der Waals surface area contributed by atoms with Gasteiger partial charge in [0.05, 0.1) is 13.2 Å². The van der Waals surface area contributed by atoms with Gasteiger partial charge >= 0.3 is 0 Å². The van der Waals surface area contributed by atoms with Crippen LogP contribution in [0.2, 0.25) is 5.02 Å². The van der Waals surface area contributed by atoms with Crippen molar-refractivity contribution in [3.05, 3.63) is 58.6 Å². The number of benzene rings is 2. The standard InChI is InChI=1S/C21H28ClNO3/c1-16(2)25-11-7-10-23-14-18-12-20(24-3)21(13-19(18)22)26-15-17-8-5-4-6-9-17/h4-6,8-9,12-13,16,23H,7,10-11,14-15H2,1-3H3. The first-order valence-corrected chi connectivity index (χ1v) is 9.33. The second-order valence-electron chi connectivity index (χ2n) is 6.32. The van der Waals surface area contributed by atoms with E-state index in [2.05, 4.69) is 5.32 Å². The minimum atomic E-state index is 0.275. The molecule has 1 N–H and O–H groups in total. The highest BCUT2D eigenvalue weighted by Crippen LogP contribution is 2.33. The van der Waals surface area contributed by atoms with Crippen LogP contribution in [0.15, 0.2) is 42.5 Å². The highest BCUT2D eigenvalue weighted by atomic mass is 35.5. The zero-order valence-electron chi connectivity index (χ0n) is 15.8. The molecule has 0 radical (unpaired) electrons. The Morgan fingerprint density at radius 3 is 2.54 bits per heavy atom. The van der Waals surface area contributed by atoms with Crippen molar-refractivity contribution in [3.8, 4) is 11.5 Å². The third kappa shape index (κ3) is 6.87. The van der Waals surface area contributed by atoms with Gasteiger partial charge in [0.2, 0.25) is 0 Å². The molecule has 0 saturated carbocycles. The van der Waals surface area contributed by atoms with E-state index in [1.807, 2.05) is 56.3 Å². The molecule has 26 heavy (non-hydrogen) atoms. The Morgan fingerprint density at radius 1 is 1.08 bits per heavy atom. The Balaban J connectivity index is 1.89. The minimum absolute atomic E-state index is 0.275. The summed E-state index contributed by atoms with van der Waals surface area (Å²) in [5, 5.41) is 4.05. The quantitative estimate of drug-likeness (QED) is 0.569. The van der Waals surface area contributed by atoms with Gasteiger partial charge in [-0.1, -0.05) is 41.9 Å². The van der Waals surface area contributed by atoms with Crippen molar-refractivity contribution in [2.24, 2.45) is 0 Å². The van der Waals surface area contributed by atoms with E-state index in [0.29, 0.717) is 29.7 Å². The van der Waals surface area contributed by atoms with Crippen LogP contribution in [0.4, 0.5) is 0 Å². The molecule has 0 aliphatic heterocycles. The van der Waals surface area contributed by atoms with E-state index >= 15 is 0 Å². The van der Waals surface area contributed by atoms with Crippen molar-refractivity contribution in [2.45, 2.75) is 39.5 Å². The first-order valence-electron chi connectivity index (χ1n) is 8.95. The summed E-state index contributed by atoms with van der Waals surface area (Å²) in [5.74, 6) is 1.33. The van der Waals surface area contributed by atoms with E-state index in [1.54, 1.807) is 7.11 Å². The molecule has 0 aliphatic carbocycles. The van der Waals surface area contributed by atoms with Crippen LogP contribution < -0.4 is 14.8 Å². The summed E-state index contributed by atoms with van der Waals surface area (Å²) < 4.78 is 16.9. The lowest BCUT2D eigenvalue weighted by Gasteiger charge is -2.14. The fourth-order valence-electron chi connectivity index (χ4n) is 2.46. The van der Waals surface area contributed by atoms with E-state index in [0.717, 1.165) is 30.7 Å². The summed E-state index contributed by atoms with van der Waals surface area (Å²) in [6, 6.07) is 13.8. The average Bonchev–Trinajstić information content (AvgIpc) is 2.64. The molecule has 2 aromatic rings. The lowest BCUT2D eigenvalue weighted by atomic mass is 10.2. The van der Waals surface area contributed by atoms with Crippen LogP contribution in [0.25, 0.3) is 0 Å². The number of hydrogen-bond donors (Lipinski definition) is 1. The van der Waals surface area contributed by atoms with Crippen molar-refractivity contribution in [1.82, 2.24) is 5.32 Å². The van der Waals surface area contributed by atoms with Gasteiger partial charge in [-0.2, -0.15) is 0 Å². The number of nitrogens with one attached hydrogen (secondary N) is 1. The highest BCUT2D eigenvalue weighted by molar-refractivity contribution is 6.31. The van der Waals surface area contributed by atoms with E-state index in [-0.39, 0.29) is 6.10 Å². The SMILES string of the molecule is COc1cc(CNCCCOC(C)C)c(Cl)cc1OCc1ccccc1. The second kappa shape index (κ2) is 11.1. The molecule has 0 atom stereocenters. The Bertz CT molecular complexity index is 662. The molecule has 2 aromatic carbocycles. The lowest BCUT2D eigenvalue weighted by molar-refractivity contribution is 0.0770. The molecule has 0 aliphatic rings. The van der Waals surface area contributed by atoms with Gasteiger partial charge in [0.25, 0.3) is 0 Å². The number of halogens is 1. The highest BCUT2D eigenvalue weighted by Gasteiger charge is 2.11. The molecule has 0 spiro atoms. The predicted octanol–water partition coefficient (Wildman–Crippen LogP) is 4.83. The van der Waals surface area contributed by atoms with Crippen molar-refractivity contribution >= 4 is 11.6 Å². The summed E-state index contributed by atoms with van der Waals surface area (Å²) in [6.45, 7) is 6.87. The van der Waals surface area contributed by atoms with Crippen LogP contribution in [0.1, 0.15) is 31.4 Å². The zero-order valence-corrected chi connectivity index (χ0v) is 16.5. The first kappa shape index (κ1) is 20.6. The molecule has 0 amide bonds. The lowest BCUT2D eigenvalue weighted by Crippen LogP contribution is -2.17. The largest absolute Gasteiger partial charge is 0.493 e. The molecule has 2 rings (SSSR count). The Labute approximate surface area is 161 Å². The molecule has 5 heteroatoms. The van der Waals surface area contributed by atoms with Crippen molar-refractivity contribution in [3.63, 3.8) is 0 Å². The van der Waals surface area contributed by atoms with E-state index in [1.165, 1.54) is 0 Å². The zero-order chi connectivity index (χ0) is 18.8. The van der Waals surface area contributed by atoms with Gasteiger partial charge in [-0.15, -0.1) is 0 Å². The number of methoxy groups -OCH3 is 1. The summed E-state index contributed by atoms with van der Waals surface area (Å²) >= 11 is 6.42. The molecule has 0 saturated heterocycles. The monoisotopic (exact) mass is 377 g/mol. The first-order chi connectivity index (χ1) is 12.6. The van der Waals surface area contributed by atoms with Gasteiger partial charge in [0.15, 0.2) is 11.5 Å². The molecule has 4 nitrogen and oxygen atoms in total. The van der Waals surface area contributed by atoms with Crippen LogP contribution in [-0.4, -0.2) is 26.4 Å². The van der Waals surface area contributed by atoms with Gasteiger partial charge in [-0.25, -0.2) is 0 Å². The smallest absolute Gasteiger partial charge is 0.163 e. The van der Waals surface area contributed by atoms with E-state index in [9.17, 15) is 0 Å². The normalized spacial score (nSPS) is 11.0. The predicted molar refractivity (Wildman–Crippen MR) is 106 cm³/mol. The van der Waals surface area contributed by atoms with Gasteiger partial charge in [-0.05, 0) is 44.0 Å². The summed E-state index contributed by atoms with van der Waals surface area (Å²) in [4.78, 5) is 0. The van der Waals surface area contributed by atoms with Crippen LogP contribution in [-0.2, 0) is 17.9 Å². The second-order valence-corrected chi connectivity index (χ2v) is 6.73. The third-order valence-corrected chi connectivity index (χ3v) is 4.19. The van der Waals surface area contributed by atoms with Crippen LogP contribution >= 0.6 is 11.6 Å². The van der Waals surface area contributed by atoms with Crippen LogP contribution in [0.3, 0.4) is 0 Å². The van der Waals surface area contributed by atoms with Crippen LogP contribution in [0.5, 0.6) is 11.5 Å². The summed E-state index contributed by atoms with van der Waals surface area (Å²) in [5.41, 5.74) is 2.08. The van der Waals surface area contributed by atoms with E-state index in [4.69, 9.17) is 25.8 Å². The Morgan fingerprint density at radius 2 is 1.85 bits per heavy atom. The molecule has 142 valence electrons. The minimum Gasteiger partial charge on any atom is -0.493 e. The van der Waals surface area contributed by atoms with Gasteiger partial charge in [0.1, 0.15) is 6.61 Å². The maximum absolute atomic E-state index is 6.42. The van der Waals surface area contributed by atoms with Crippen molar-refractivity contribution < 1.29 is 14.2 Å².